The third kappa shape index (κ3) is 5.31. The largest absolute Gasteiger partial charge is 0.479 e. The van der Waals surface area contributed by atoms with Gasteiger partial charge in [0.15, 0.2) is 6.10 Å². The van der Waals surface area contributed by atoms with Crippen molar-refractivity contribution >= 4 is 28.5 Å². The van der Waals surface area contributed by atoms with Gasteiger partial charge in [-0.1, -0.05) is 43.6 Å². The van der Waals surface area contributed by atoms with Gasteiger partial charge in [0.1, 0.15) is 11.5 Å². The second-order valence-electron chi connectivity index (χ2n) is 8.46. The number of halogens is 3. The van der Waals surface area contributed by atoms with E-state index in [-0.39, 0.29) is 5.75 Å². The molecule has 0 saturated carbocycles. The first-order valence-electron chi connectivity index (χ1n) is 11.6. The van der Waals surface area contributed by atoms with Crippen LogP contribution in [0.4, 0.5) is 8.78 Å². The molecule has 0 aliphatic rings. The van der Waals surface area contributed by atoms with E-state index in [0.717, 1.165) is 22.2 Å². The van der Waals surface area contributed by atoms with Crippen molar-refractivity contribution in [2.45, 2.75) is 45.8 Å². The normalized spacial score (nSPS) is 12.5. The lowest BCUT2D eigenvalue weighted by Gasteiger charge is -2.16. The van der Waals surface area contributed by atoms with Gasteiger partial charge in [-0.2, -0.15) is 8.78 Å². The average molecular weight is 514 g/mol. The molecule has 1 aromatic heterocycles. The van der Waals surface area contributed by atoms with Crippen LogP contribution in [0.3, 0.4) is 0 Å². The predicted molar refractivity (Wildman–Crippen MR) is 137 cm³/mol. The van der Waals surface area contributed by atoms with Crippen LogP contribution >= 0.6 is 11.6 Å². The molecule has 4 rings (SSSR count). The Hall–Kier alpha value is -3.58. The molecule has 36 heavy (non-hydrogen) atoms. The number of carboxylic acid groups (broad SMARTS) is 1. The van der Waals surface area contributed by atoms with Crippen LogP contribution in [0.1, 0.15) is 32.9 Å². The first-order chi connectivity index (χ1) is 17.1. The van der Waals surface area contributed by atoms with Crippen molar-refractivity contribution in [3.05, 3.63) is 77.4 Å². The highest BCUT2D eigenvalue weighted by Crippen LogP contribution is 2.40. The Balaban J connectivity index is 1.95. The summed E-state index contributed by atoms with van der Waals surface area (Å²) in [6.45, 7) is 4.45. The Labute approximate surface area is 212 Å². The number of carboxylic acids is 1. The number of hydrogen-bond donors (Lipinski definition) is 1. The maximum absolute atomic E-state index is 13.7. The van der Waals surface area contributed by atoms with Crippen molar-refractivity contribution in [2.24, 2.45) is 0 Å². The summed E-state index contributed by atoms with van der Waals surface area (Å²) in [6.07, 6.45) is -3.38. The summed E-state index contributed by atoms with van der Waals surface area (Å²) in [5, 5.41) is 10.9. The molecule has 8 heteroatoms. The molecule has 4 aromatic rings. The monoisotopic (exact) mass is 513 g/mol. The lowest BCUT2D eigenvalue weighted by Crippen LogP contribution is -2.25. The van der Waals surface area contributed by atoms with E-state index in [4.69, 9.17) is 21.1 Å². The van der Waals surface area contributed by atoms with Crippen molar-refractivity contribution < 1.29 is 28.2 Å². The number of carbonyl (C=O) groups is 1. The van der Waals surface area contributed by atoms with E-state index in [1.165, 1.54) is 6.07 Å². The van der Waals surface area contributed by atoms with Gasteiger partial charge < -0.3 is 19.1 Å². The van der Waals surface area contributed by atoms with E-state index < -0.39 is 18.2 Å². The predicted octanol–water partition coefficient (Wildman–Crippen LogP) is 7.75. The Morgan fingerprint density at radius 3 is 2.39 bits per heavy atom. The van der Waals surface area contributed by atoms with Crippen molar-refractivity contribution in [3.8, 4) is 28.3 Å². The van der Waals surface area contributed by atoms with Crippen molar-refractivity contribution in [1.82, 2.24) is 4.57 Å². The highest BCUT2D eigenvalue weighted by Gasteiger charge is 2.25. The second-order valence-corrected chi connectivity index (χ2v) is 8.89. The third-order valence-electron chi connectivity index (χ3n) is 5.80. The summed E-state index contributed by atoms with van der Waals surface area (Å²) >= 11 is 6.12. The van der Waals surface area contributed by atoms with Crippen molar-refractivity contribution in [3.63, 3.8) is 0 Å². The first-order valence-corrected chi connectivity index (χ1v) is 12.0. The van der Waals surface area contributed by atoms with Gasteiger partial charge in [-0.15, -0.1) is 0 Å². The van der Waals surface area contributed by atoms with E-state index in [9.17, 15) is 18.7 Å². The molecule has 5 nitrogen and oxygen atoms in total. The number of hydrogen-bond acceptors (Lipinski definition) is 3. The van der Waals surface area contributed by atoms with Crippen LogP contribution < -0.4 is 9.47 Å². The molecule has 1 N–H and O–H groups in total. The molecule has 0 aliphatic carbocycles. The average Bonchev–Trinajstić information content (AvgIpc) is 3.15. The summed E-state index contributed by atoms with van der Waals surface area (Å²) < 4.78 is 39.9. The standard InChI is InChI=1S/C28H26ClF2NO4/c1-4-23-26(17-9-11-18(29)12-10-17)22-14-13-21(36-28(3,30)31)16-24(22)32(23)19-7-6-8-20(15-19)35-25(5-2)27(33)34/h6-16,25H,4-5H2,1-3H3,(H,33,34). The van der Waals surface area contributed by atoms with Crippen LogP contribution in [-0.4, -0.2) is 27.9 Å². The Kier molecular flexibility index (Phi) is 7.22. The molecule has 0 fully saturated rings. The van der Waals surface area contributed by atoms with Gasteiger partial charge in [-0.25, -0.2) is 4.79 Å². The molecular weight excluding hydrogens is 488 g/mol. The molecule has 1 unspecified atom stereocenters. The van der Waals surface area contributed by atoms with Gasteiger partial charge >= 0.3 is 12.1 Å². The fraction of sp³-hybridized carbons (Fsp3) is 0.250. The molecule has 0 amide bonds. The van der Waals surface area contributed by atoms with Gasteiger partial charge in [0.05, 0.1) is 5.52 Å². The molecule has 188 valence electrons. The molecular formula is C28H26ClF2NO4. The van der Waals surface area contributed by atoms with Crippen LogP contribution in [0.5, 0.6) is 11.5 Å². The maximum atomic E-state index is 13.7. The van der Waals surface area contributed by atoms with Gasteiger partial charge in [-0.05, 0) is 54.8 Å². The summed E-state index contributed by atoms with van der Waals surface area (Å²) in [6, 6.07) is 19.4. The number of aliphatic carboxylic acids is 1. The van der Waals surface area contributed by atoms with E-state index in [0.29, 0.717) is 41.7 Å². The maximum Gasteiger partial charge on any atom is 0.394 e. The SMILES string of the molecule is CCc1c(-c2ccc(Cl)cc2)c2ccc(OC(C)(F)F)cc2n1-c1cccc(OC(CC)C(=O)O)c1. The minimum absolute atomic E-state index is 0.0309. The molecule has 1 heterocycles. The van der Waals surface area contributed by atoms with Gasteiger partial charge in [0, 0.05) is 46.4 Å². The third-order valence-corrected chi connectivity index (χ3v) is 6.06. The molecule has 0 radical (unpaired) electrons. The molecule has 3 aromatic carbocycles. The number of nitrogens with zero attached hydrogens (tertiary/aromatic N) is 1. The van der Waals surface area contributed by atoms with Crippen molar-refractivity contribution in [1.29, 1.82) is 0 Å². The summed E-state index contributed by atoms with van der Waals surface area (Å²) in [4.78, 5) is 11.5. The molecule has 0 aliphatic heterocycles. The summed E-state index contributed by atoms with van der Waals surface area (Å²) in [5.74, 6) is -0.620. The molecule has 1 atom stereocenters. The lowest BCUT2D eigenvalue weighted by molar-refractivity contribution is -0.158. The van der Waals surface area contributed by atoms with Gasteiger partial charge in [0.25, 0.3) is 0 Å². The number of fused-ring (bicyclic) bond motifs is 1. The van der Waals surface area contributed by atoms with Crippen LogP contribution in [-0.2, 0) is 11.2 Å². The van der Waals surface area contributed by atoms with Gasteiger partial charge in [-0.3, -0.25) is 0 Å². The lowest BCUT2D eigenvalue weighted by atomic mass is 10.0. The highest BCUT2D eigenvalue weighted by atomic mass is 35.5. The van der Waals surface area contributed by atoms with E-state index in [2.05, 4.69) is 0 Å². The zero-order valence-corrected chi connectivity index (χ0v) is 20.9. The highest BCUT2D eigenvalue weighted by molar-refractivity contribution is 6.30. The van der Waals surface area contributed by atoms with E-state index >= 15 is 0 Å². The van der Waals surface area contributed by atoms with Crippen LogP contribution in [0.2, 0.25) is 5.02 Å². The first kappa shape index (κ1) is 25.5. The molecule has 0 saturated heterocycles. The zero-order valence-electron chi connectivity index (χ0n) is 20.1. The van der Waals surface area contributed by atoms with E-state index in [1.54, 1.807) is 49.4 Å². The molecule has 0 spiro atoms. The quantitative estimate of drug-likeness (QED) is 0.248. The summed E-state index contributed by atoms with van der Waals surface area (Å²) in [7, 11) is 0. The number of alkyl halides is 2. The topological polar surface area (TPSA) is 60.7 Å². The van der Waals surface area contributed by atoms with Crippen molar-refractivity contribution in [2.75, 3.05) is 0 Å². The Morgan fingerprint density at radius 2 is 1.78 bits per heavy atom. The van der Waals surface area contributed by atoms with E-state index in [1.807, 2.05) is 29.7 Å². The smallest absolute Gasteiger partial charge is 0.394 e. The zero-order chi connectivity index (χ0) is 26.0. The summed E-state index contributed by atoms with van der Waals surface area (Å²) in [5.41, 5.74) is 4.19. The second kappa shape index (κ2) is 10.2. The fourth-order valence-corrected chi connectivity index (χ4v) is 4.45. The van der Waals surface area contributed by atoms with Crippen LogP contribution in [0.25, 0.3) is 27.7 Å². The van der Waals surface area contributed by atoms with Gasteiger partial charge in [0.2, 0.25) is 0 Å². The number of aromatic nitrogens is 1. The number of ether oxygens (including phenoxy) is 2. The van der Waals surface area contributed by atoms with Crippen LogP contribution in [0.15, 0.2) is 66.7 Å². The molecule has 0 bridgehead atoms. The number of benzene rings is 3. The Morgan fingerprint density at radius 1 is 1.06 bits per heavy atom. The minimum Gasteiger partial charge on any atom is -0.479 e. The fourth-order valence-electron chi connectivity index (χ4n) is 4.33. The number of rotatable bonds is 9. The van der Waals surface area contributed by atoms with Crippen LogP contribution in [0, 0.1) is 0 Å². The minimum atomic E-state index is -3.34. The Bertz CT molecular complexity index is 1390.